The van der Waals surface area contributed by atoms with Crippen LogP contribution in [-0.4, -0.2) is 12.7 Å². The third kappa shape index (κ3) is 2.46. The fraction of sp³-hybridized carbons (Fsp3) is 0.600. The molecule has 1 fully saturated rings. The van der Waals surface area contributed by atoms with E-state index in [4.69, 9.17) is 4.74 Å². The monoisotopic (exact) mass is 218 g/mol. The van der Waals surface area contributed by atoms with Gasteiger partial charge in [0.25, 0.3) is 0 Å². The molecule has 1 aliphatic rings. The van der Waals surface area contributed by atoms with E-state index in [1.54, 1.807) is 0 Å². The molecule has 1 atom stereocenters. The van der Waals surface area contributed by atoms with Gasteiger partial charge in [-0.3, -0.25) is 0 Å². The van der Waals surface area contributed by atoms with Crippen LogP contribution in [0.5, 0.6) is 0 Å². The Labute approximate surface area is 98.8 Å². The normalized spacial score (nSPS) is 19.9. The summed E-state index contributed by atoms with van der Waals surface area (Å²) in [5.41, 5.74) is 4.44. The zero-order valence-electron chi connectivity index (χ0n) is 10.6. The highest BCUT2D eigenvalue weighted by Gasteiger charge is 2.20. The zero-order valence-corrected chi connectivity index (χ0v) is 10.6. The van der Waals surface area contributed by atoms with Crippen molar-refractivity contribution in [2.24, 2.45) is 0 Å². The predicted molar refractivity (Wildman–Crippen MR) is 68.0 cm³/mol. The summed E-state index contributed by atoms with van der Waals surface area (Å²) >= 11 is 0. The van der Waals surface area contributed by atoms with E-state index < -0.39 is 0 Å². The van der Waals surface area contributed by atoms with Crippen molar-refractivity contribution in [1.82, 2.24) is 0 Å². The third-order valence-corrected chi connectivity index (χ3v) is 3.48. The standard InChI is InChI=1S/C15H22O/c1-4-12-5-6-15(11(2)3)13(9-12)10-14-7-8-16-14/h5-6,9,11,14H,4,7-8,10H2,1-3H3. The van der Waals surface area contributed by atoms with Crippen molar-refractivity contribution < 1.29 is 4.74 Å². The number of rotatable bonds is 4. The maximum Gasteiger partial charge on any atom is 0.0637 e. The van der Waals surface area contributed by atoms with E-state index in [0.29, 0.717) is 12.0 Å². The molecule has 0 amide bonds. The molecule has 2 rings (SSSR count). The van der Waals surface area contributed by atoms with Crippen LogP contribution >= 0.6 is 0 Å². The van der Waals surface area contributed by atoms with Crippen LogP contribution in [0.2, 0.25) is 0 Å². The van der Waals surface area contributed by atoms with Gasteiger partial charge in [0, 0.05) is 6.61 Å². The largest absolute Gasteiger partial charge is 0.378 e. The van der Waals surface area contributed by atoms with Crippen molar-refractivity contribution >= 4 is 0 Å². The Balaban J connectivity index is 2.22. The maximum absolute atomic E-state index is 5.54. The molecule has 0 spiro atoms. The van der Waals surface area contributed by atoms with Crippen LogP contribution in [0, 0.1) is 0 Å². The van der Waals surface area contributed by atoms with Gasteiger partial charge in [0.1, 0.15) is 0 Å². The minimum Gasteiger partial charge on any atom is -0.378 e. The Morgan fingerprint density at radius 3 is 2.62 bits per heavy atom. The van der Waals surface area contributed by atoms with Crippen LogP contribution in [0.3, 0.4) is 0 Å². The molecule has 1 saturated heterocycles. The van der Waals surface area contributed by atoms with Crippen molar-refractivity contribution in [2.45, 2.75) is 52.1 Å². The van der Waals surface area contributed by atoms with Crippen molar-refractivity contribution in [3.63, 3.8) is 0 Å². The second-order valence-corrected chi connectivity index (χ2v) is 5.03. The van der Waals surface area contributed by atoms with E-state index in [0.717, 1.165) is 19.4 Å². The molecule has 1 heteroatoms. The minimum absolute atomic E-state index is 0.476. The molecule has 0 N–H and O–H groups in total. The van der Waals surface area contributed by atoms with Gasteiger partial charge >= 0.3 is 0 Å². The molecule has 1 heterocycles. The quantitative estimate of drug-likeness (QED) is 0.748. The molecule has 0 aromatic heterocycles. The van der Waals surface area contributed by atoms with Crippen LogP contribution in [0.25, 0.3) is 0 Å². The van der Waals surface area contributed by atoms with Crippen LogP contribution in [-0.2, 0) is 17.6 Å². The first kappa shape index (κ1) is 11.7. The Morgan fingerprint density at radius 1 is 1.38 bits per heavy atom. The lowest BCUT2D eigenvalue weighted by Gasteiger charge is -2.28. The van der Waals surface area contributed by atoms with Crippen LogP contribution < -0.4 is 0 Å². The summed E-state index contributed by atoms with van der Waals surface area (Å²) in [5, 5.41) is 0. The smallest absolute Gasteiger partial charge is 0.0637 e. The van der Waals surface area contributed by atoms with E-state index in [-0.39, 0.29) is 0 Å². The number of hydrogen-bond acceptors (Lipinski definition) is 1. The summed E-state index contributed by atoms with van der Waals surface area (Å²) < 4.78 is 5.54. The van der Waals surface area contributed by atoms with Crippen LogP contribution in [0.15, 0.2) is 18.2 Å². The van der Waals surface area contributed by atoms with E-state index >= 15 is 0 Å². The fourth-order valence-electron chi connectivity index (χ4n) is 2.31. The molecule has 1 aliphatic heterocycles. The minimum atomic E-state index is 0.476. The molecule has 0 radical (unpaired) electrons. The molecule has 0 saturated carbocycles. The Kier molecular flexibility index (Phi) is 3.65. The van der Waals surface area contributed by atoms with Crippen molar-refractivity contribution in [2.75, 3.05) is 6.61 Å². The lowest BCUT2D eigenvalue weighted by molar-refractivity contribution is -0.0492. The van der Waals surface area contributed by atoms with E-state index in [2.05, 4.69) is 39.0 Å². The first-order valence-electron chi connectivity index (χ1n) is 6.44. The van der Waals surface area contributed by atoms with Gasteiger partial charge in [0.05, 0.1) is 6.10 Å². The van der Waals surface area contributed by atoms with Gasteiger partial charge in [-0.05, 0) is 41.9 Å². The fourth-order valence-corrected chi connectivity index (χ4v) is 2.31. The Bertz CT molecular complexity index is 350. The maximum atomic E-state index is 5.54. The first-order chi connectivity index (χ1) is 7.70. The number of benzene rings is 1. The second kappa shape index (κ2) is 5.01. The Hall–Kier alpha value is -0.820. The molecule has 1 unspecified atom stereocenters. The summed E-state index contributed by atoms with van der Waals surface area (Å²) in [6.45, 7) is 7.71. The molecule has 88 valence electrons. The number of ether oxygens (including phenoxy) is 1. The SMILES string of the molecule is CCc1ccc(C(C)C)c(CC2CCO2)c1. The van der Waals surface area contributed by atoms with Gasteiger partial charge in [0.2, 0.25) is 0 Å². The van der Waals surface area contributed by atoms with Crippen molar-refractivity contribution in [3.8, 4) is 0 Å². The molecule has 1 aromatic rings. The number of aryl methyl sites for hydroxylation is 1. The summed E-state index contributed by atoms with van der Waals surface area (Å²) in [5.74, 6) is 0.612. The Morgan fingerprint density at radius 2 is 2.12 bits per heavy atom. The average molecular weight is 218 g/mol. The topological polar surface area (TPSA) is 9.23 Å². The summed E-state index contributed by atoms with van der Waals surface area (Å²) in [4.78, 5) is 0. The molecule has 0 aliphatic carbocycles. The summed E-state index contributed by atoms with van der Waals surface area (Å²) in [6.07, 6.45) is 3.93. The zero-order chi connectivity index (χ0) is 11.5. The molecule has 1 nitrogen and oxygen atoms in total. The van der Waals surface area contributed by atoms with E-state index in [9.17, 15) is 0 Å². The van der Waals surface area contributed by atoms with Crippen LogP contribution in [0.4, 0.5) is 0 Å². The molecule has 0 bridgehead atoms. The highest BCUT2D eigenvalue weighted by atomic mass is 16.5. The lowest BCUT2D eigenvalue weighted by Crippen LogP contribution is -2.29. The van der Waals surface area contributed by atoms with Crippen molar-refractivity contribution in [1.29, 1.82) is 0 Å². The van der Waals surface area contributed by atoms with E-state index in [1.165, 1.54) is 23.1 Å². The highest BCUT2D eigenvalue weighted by Crippen LogP contribution is 2.25. The predicted octanol–water partition coefficient (Wildman–Crippen LogP) is 3.70. The van der Waals surface area contributed by atoms with Crippen LogP contribution in [0.1, 0.15) is 49.8 Å². The second-order valence-electron chi connectivity index (χ2n) is 5.03. The molecular formula is C15H22O. The third-order valence-electron chi connectivity index (χ3n) is 3.48. The number of hydrogen-bond donors (Lipinski definition) is 0. The van der Waals surface area contributed by atoms with Gasteiger partial charge < -0.3 is 4.74 Å². The molecule has 1 aromatic carbocycles. The molecular weight excluding hydrogens is 196 g/mol. The summed E-state index contributed by atoms with van der Waals surface area (Å²) in [7, 11) is 0. The average Bonchev–Trinajstić information content (AvgIpc) is 2.22. The van der Waals surface area contributed by atoms with Gasteiger partial charge in [0.15, 0.2) is 0 Å². The lowest BCUT2D eigenvalue weighted by atomic mass is 9.90. The van der Waals surface area contributed by atoms with Crippen molar-refractivity contribution in [3.05, 3.63) is 34.9 Å². The first-order valence-corrected chi connectivity index (χ1v) is 6.44. The molecule has 16 heavy (non-hydrogen) atoms. The van der Waals surface area contributed by atoms with Gasteiger partial charge in [-0.15, -0.1) is 0 Å². The highest BCUT2D eigenvalue weighted by molar-refractivity contribution is 5.34. The van der Waals surface area contributed by atoms with E-state index in [1.807, 2.05) is 0 Å². The summed E-state index contributed by atoms with van der Waals surface area (Å²) in [6, 6.07) is 6.94. The van der Waals surface area contributed by atoms with Gasteiger partial charge in [-0.2, -0.15) is 0 Å². The van der Waals surface area contributed by atoms with Gasteiger partial charge in [-0.25, -0.2) is 0 Å². The van der Waals surface area contributed by atoms with Gasteiger partial charge in [-0.1, -0.05) is 39.0 Å².